The van der Waals surface area contributed by atoms with Crippen LogP contribution in [0.5, 0.6) is 11.5 Å². The summed E-state index contributed by atoms with van der Waals surface area (Å²) in [5, 5.41) is 5.66. The Kier molecular flexibility index (Phi) is 6.76. The minimum absolute atomic E-state index is 0.0129. The summed E-state index contributed by atoms with van der Waals surface area (Å²) in [5.74, 6) is 0.727. The molecule has 0 aliphatic heterocycles. The van der Waals surface area contributed by atoms with Crippen molar-refractivity contribution in [2.24, 2.45) is 0 Å². The maximum absolute atomic E-state index is 13.6. The minimum atomic E-state index is -4.63. The second kappa shape index (κ2) is 9.33. The fourth-order valence-corrected chi connectivity index (χ4v) is 2.81. The van der Waals surface area contributed by atoms with Gasteiger partial charge in [-0.3, -0.25) is 0 Å². The van der Waals surface area contributed by atoms with Gasteiger partial charge in [-0.15, -0.1) is 0 Å². The van der Waals surface area contributed by atoms with E-state index in [4.69, 9.17) is 9.47 Å². The maximum Gasteiger partial charge on any atom is 0.421 e. The molecule has 0 unspecified atom stereocenters. The molecule has 1 heterocycles. The van der Waals surface area contributed by atoms with Crippen LogP contribution in [0.1, 0.15) is 33.3 Å². The van der Waals surface area contributed by atoms with Crippen molar-refractivity contribution >= 4 is 23.1 Å². The zero-order valence-electron chi connectivity index (χ0n) is 18.2. The van der Waals surface area contributed by atoms with Crippen molar-refractivity contribution in [2.75, 3.05) is 17.2 Å². The Bertz CT molecular complexity index is 1050. The lowest BCUT2D eigenvalue weighted by Gasteiger charge is -2.21. The fourth-order valence-electron chi connectivity index (χ4n) is 2.81. The zero-order valence-corrected chi connectivity index (χ0v) is 18.2. The fraction of sp³-hybridized carbons (Fsp3) is 0.304. The predicted octanol–water partition coefficient (Wildman–Crippen LogP) is 6.56. The second-order valence-electron chi connectivity index (χ2n) is 7.87. The number of nitrogens with one attached hydrogen (secondary N) is 2. The number of anilines is 4. The third kappa shape index (κ3) is 6.26. The molecule has 0 aliphatic carbocycles. The number of para-hydroxylation sites is 2. The summed E-state index contributed by atoms with van der Waals surface area (Å²) in [4.78, 5) is 7.91. The van der Waals surface area contributed by atoms with Crippen LogP contribution in [0.4, 0.5) is 36.3 Å². The Balaban J connectivity index is 1.88. The molecule has 2 aromatic carbocycles. The highest BCUT2D eigenvalue weighted by atomic mass is 19.4. The number of hydrogen-bond donors (Lipinski definition) is 2. The van der Waals surface area contributed by atoms with Gasteiger partial charge in [0.15, 0.2) is 0 Å². The molecule has 32 heavy (non-hydrogen) atoms. The molecular formula is C23H25F3N4O2. The molecule has 2 N–H and O–H groups in total. The summed E-state index contributed by atoms with van der Waals surface area (Å²) < 4.78 is 51.9. The third-order valence-corrected chi connectivity index (χ3v) is 4.07. The lowest BCUT2D eigenvalue weighted by atomic mass is 10.2. The van der Waals surface area contributed by atoms with Gasteiger partial charge in [0.2, 0.25) is 5.95 Å². The SMILES string of the molecule is CCOc1ccccc1Nc1nc(Nc2ccc(OC(C)(C)C)cc2)ncc1C(F)(F)F. The average molecular weight is 446 g/mol. The molecule has 170 valence electrons. The Morgan fingerprint density at radius 1 is 0.938 bits per heavy atom. The predicted molar refractivity (Wildman–Crippen MR) is 118 cm³/mol. The van der Waals surface area contributed by atoms with Crippen LogP contribution in [0.3, 0.4) is 0 Å². The van der Waals surface area contributed by atoms with Crippen molar-refractivity contribution in [2.45, 2.75) is 39.5 Å². The van der Waals surface area contributed by atoms with Gasteiger partial charge in [0.25, 0.3) is 0 Å². The van der Waals surface area contributed by atoms with Gasteiger partial charge < -0.3 is 20.1 Å². The molecule has 0 spiro atoms. The van der Waals surface area contributed by atoms with E-state index in [-0.39, 0.29) is 17.4 Å². The van der Waals surface area contributed by atoms with E-state index in [0.717, 1.165) is 6.20 Å². The zero-order chi connectivity index (χ0) is 23.4. The highest BCUT2D eigenvalue weighted by molar-refractivity contribution is 5.67. The maximum atomic E-state index is 13.6. The molecule has 3 rings (SSSR count). The van der Waals surface area contributed by atoms with Crippen molar-refractivity contribution < 1.29 is 22.6 Å². The first-order valence-electron chi connectivity index (χ1n) is 10.0. The highest BCUT2D eigenvalue weighted by Gasteiger charge is 2.35. The van der Waals surface area contributed by atoms with Crippen LogP contribution in [0.25, 0.3) is 0 Å². The van der Waals surface area contributed by atoms with Crippen LogP contribution in [-0.2, 0) is 6.18 Å². The van der Waals surface area contributed by atoms with E-state index in [0.29, 0.717) is 29.5 Å². The summed E-state index contributed by atoms with van der Waals surface area (Å²) in [5.41, 5.74) is -0.354. The van der Waals surface area contributed by atoms with Crippen LogP contribution < -0.4 is 20.1 Å². The molecule has 3 aromatic rings. The number of ether oxygens (including phenoxy) is 2. The summed E-state index contributed by atoms with van der Waals surface area (Å²) in [6.07, 6.45) is -3.88. The summed E-state index contributed by atoms with van der Waals surface area (Å²) in [6.45, 7) is 7.98. The molecule has 0 saturated heterocycles. The molecular weight excluding hydrogens is 421 g/mol. The van der Waals surface area contributed by atoms with Gasteiger partial charge in [-0.05, 0) is 64.1 Å². The number of halogens is 3. The minimum Gasteiger partial charge on any atom is -0.492 e. The van der Waals surface area contributed by atoms with Crippen molar-refractivity contribution in [1.82, 2.24) is 9.97 Å². The van der Waals surface area contributed by atoms with Gasteiger partial charge in [-0.2, -0.15) is 18.2 Å². The van der Waals surface area contributed by atoms with Crippen LogP contribution in [0.15, 0.2) is 54.7 Å². The van der Waals surface area contributed by atoms with Gasteiger partial charge in [0, 0.05) is 11.9 Å². The van der Waals surface area contributed by atoms with Crippen molar-refractivity contribution in [3.63, 3.8) is 0 Å². The third-order valence-electron chi connectivity index (χ3n) is 4.07. The van der Waals surface area contributed by atoms with Crippen LogP contribution in [0, 0.1) is 0 Å². The molecule has 0 amide bonds. The number of benzene rings is 2. The van der Waals surface area contributed by atoms with Crippen LogP contribution in [-0.4, -0.2) is 22.2 Å². The number of hydrogen-bond acceptors (Lipinski definition) is 6. The van der Waals surface area contributed by atoms with E-state index in [1.807, 2.05) is 20.8 Å². The number of aromatic nitrogens is 2. The summed E-state index contributed by atoms with van der Waals surface area (Å²) in [6, 6.07) is 13.7. The Labute approximate surface area is 184 Å². The topological polar surface area (TPSA) is 68.3 Å². The van der Waals surface area contributed by atoms with E-state index in [1.165, 1.54) is 0 Å². The van der Waals surface area contributed by atoms with Gasteiger partial charge in [0.1, 0.15) is 28.5 Å². The Hall–Kier alpha value is -3.49. The average Bonchev–Trinajstić information content (AvgIpc) is 2.69. The van der Waals surface area contributed by atoms with Gasteiger partial charge in [-0.25, -0.2) is 4.98 Å². The first-order chi connectivity index (χ1) is 15.0. The van der Waals surface area contributed by atoms with Crippen molar-refractivity contribution in [1.29, 1.82) is 0 Å². The lowest BCUT2D eigenvalue weighted by Crippen LogP contribution is -2.22. The monoisotopic (exact) mass is 446 g/mol. The van der Waals surface area contributed by atoms with Crippen molar-refractivity contribution in [3.8, 4) is 11.5 Å². The standard InChI is InChI=1S/C23H25F3N4O2/c1-5-31-19-9-7-6-8-18(19)29-20-17(23(24,25)26)14-27-21(30-20)28-15-10-12-16(13-11-15)32-22(2,3)4/h6-14H,5H2,1-4H3,(H2,27,28,29,30). The molecule has 0 atom stereocenters. The molecule has 0 bridgehead atoms. The van der Waals surface area contributed by atoms with Crippen LogP contribution >= 0.6 is 0 Å². The summed E-state index contributed by atoms with van der Waals surface area (Å²) in [7, 11) is 0. The largest absolute Gasteiger partial charge is 0.492 e. The highest BCUT2D eigenvalue weighted by Crippen LogP contribution is 2.37. The summed E-state index contributed by atoms with van der Waals surface area (Å²) >= 11 is 0. The number of nitrogens with zero attached hydrogens (tertiary/aromatic N) is 2. The number of alkyl halides is 3. The van der Waals surface area contributed by atoms with Crippen LogP contribution in [0.2, 0.25) is 0 Å². The van der Waals surface area contributed by atoms with E-state index in [9.17, 15) is 13.2 Å². The van der Waals surface area contributed by atoms with Gasteiger partial charge in [-0.1, -0.05) is 12.1 Å². The van der Waals surface area contributed by atoms with E-state index in [2.05, 4.69) is 20.6 Å². The van der Waals surface area contributed by atoms with E-state index >= 15 is 0 Å². The number of rotatable bonds is 7. The molecule has 0 saturated carbocycles. The molecule has 1 aromatic heterocycles. The smallest absolute Gasteiger partial charge is 0.421 e. The lowest BCUT2D eigenvalue weighted by molar-refractivity contribution is -0.137. The van der Waals surface area contributed by atoms with E-state index < -0.39 is 11.7 Å². The molecule has 0 aliphatic rings. The second-order valence-corrected chi connectivity index (χ2v) is 7.87. The first kappa shape index (κ1) is 23.2. The first-order valence-corrected chi connectivity index (χ1v) is 10.0. The van der Waals surface area contributed by atoms with Crippen molar-refractivity contribution in [3.05, 3.63) is 60.3 Å². The molecule has 0 radical (unpaired) electrons. The molecule has 6 nitrogen and oxygen atoms in total. The molecule has 9 heteroatoms. The quantitative estimate of drug-likeness (QED) is 0.428. The Morgan fingerprint density at radius 3 is 2.25 bits per heavy atom. The normalized spacial score (nSPS) is 11.7. The Morgan fingerprint density at radius 2 is 1.62 bits per heavy atom. The van der Waals surface area contributed by atoms with E-state index in [1.54, 1.807) is 55.5 Å². The van der Waals surface area contributed by atoms with Gasteiger partial charge >= 0.3 is 6.18 Å². The molecule has 0 fully saturated rings. The van der Waals surface area contributed by atoms with Gasteiger partial charge in [0.05, 0.1) is 12.3 Å².